The van der Waals surface area contributed by atoms with E-state index in [1.165, 1.54) is 24.3 Å². The lowest BCUT2D eigenvalue weighted by molar-refractivity contribution is 0.579. The van der Waals surface area contributed by atoms with Crippen molar-refractivity contribution in [1.82, 2.24) is 0 Å². The summed E-state index contributed by atoms with van der Waals surface area (Å²) in [6.45, 7) is 0.304. The zero-order chi connectivity index (χ0) is 15.4. The second-order valence-electron chi connectivity index (χ2n) is 4.35. The summed E-state index contributed by atoms with van der Waals surface area (Å²) in [5, 5.41) is 11.6. The van der Waals surface area contributed by atoms with E-state index in [9.17, 15) is 13.2 Å². The van der Waals surface area contributed by atoms with Gasteiger partial charge in [0, 0.05) is 12.6 Å². The van der Waals surface area contributed by atoms with E-state index in [2.05, 4.69) is 21.2 Å². The molecule has 2 rings (SSSR count). The zero-order valence-corrected chi connectivity index (χ0v) is 12.3. The summed E-state index contributed by atoms with van der Waals surface area (Å²) in [6.07, 6.45) is 0.339. The molecule has 0 aliphatic heterocycles. The molecule has 0 saturated carbocycles. The maximum absolute atomic E-state index is 13.9. The Morgan fingerprint density at radius 3 is 2.38 bits per heavy atom. The van der Waals surface area contributed by atoms with Crippen LogP contribution in [0.15, 0.2) is 34.8 Å². The van der Waals surface area contributed by atoms with E-state index in [1.807, 2.05) is 6.07 Å². The number of hydrogen-bond donors (Lipinski definition) is 1. The van der Waals surface area contributed by atoms with Gasteiger partial charge >= 0.3 is 0 Å². The van der Waals surface area contributed by atoms with Gasteiger partial charge in [0.1, 0.15) is 17.7 Å². The average Bonchev–Trinajstić information content (AvgIpc) is 2.43. The molecule has 0 radical (unpaired) electrons. The predicted octanol–water partition coefficient (Wildman–Crippen LogP) is 4.39. The Morgan fingerprint density at radius 1 is 1.10 bits per heavy atom. The molecule has 108 valence electrons. The fourth-order valence-electron chi connectivity index (χ4n) is 1.87. The third kappa shape index (κ3) is 3.76. The SMILES string of the molecule is N#Cc1ccc(NCCc2cc(F)cc(F)c2)c(F)c1Br. The van der Waals surface area contributed by atoms with Gasteiger partial charge in [0.05, 0.1) is 15.7 Å². The Morgan fingerprint density at radius 2 is 1.76 bits per heavy atom. The molecule has 0 aromatic heterocycles. The summed E-state index contributed by atoms with van der Waals surface area (Å²) < 4.78 is 40.1. The second kappa shape index (κ2) is 6.64. The molecule has 0 unspecified atom stereocenters. The highest BCUT2D eigenvalue weighted by Gasteiger charge is 2.10. The van der Waals surface area contributed by atoms with Gasteiger partial charge in [-0.2, -0.15) is 5.26 Å². The standard InChI is InChI=1S/C15H10BrF3N2/c16-14-10(8-20)1-2-13(15(14)19)21-4-3-9-5-11(17)7-12(18)6-9/h1-2,5-7,21H,3-4H2. The molecule has 0 aliphatic rings. The van der Waals surface area contributed by atoms with Gasteiger partial charge in [0.15, 0.2) is 5.82 Å². The highest BCUT2D eigenvalue weighted by molar-refractivity contribution is 9.10. The lowest BCUT2D eigenvalue weighted by atomic mass is 10.1. The van der Waals surface area contributed by atoms with Crippen molar-refractivity contribution >= 4 is 21.6 Å². The summed E-state index contributed by atoms with van der Waals surface area (Å²) >= 11 is 3.01. The smallest absolute Gasteiger partial charge is 0.161 e. The van der Waals surface area contributed by atoms with Crippen LogP contribution in [-0.2, 0) is 6.42 Å². The molecule has 0 amide bonds. The van der Waals surface area contributed by atoms with Crippen LogP contribution in [0, 0.1) is 28.8 Å². The van der Waals surface area contributed by atoms with E-state index in [1.54, 1.807) is 0 Å². The van der Waals surface area contributed by atoms with Crippen molar-refractivity contribution in [2.24, 2.45) is 0 Å². The average molecular weight is 355 g/mol. The fraction of sp³-hybridized carbons (Fsp3) is 0.133. The molecule has 0 bridgehead atoms. The summed E-state index contributed by atoms with van der Waals surface area (Å²) in [6, 6.07) is 8.06. The number of nitriles is 1. The molecule has 0 spiro atoms. The molecule has 6 heteroatoms. The lowest BCUT2D eigenvalue weighted by Crippen LogP contribution is -2.07. The van der Waals surface area contributed by atoms with Gasteiger partial charge in [0.25, 0.3) is 0 Å². The van der Waals surface area contributed by atoms with Crippen molar-refractivity contribution in [2.75, 3.05) is 11.9 Å². The van der Waals surface area contributed by atoms with Gasteiger partial charge in [-0.1, -0.05) is 0 Å². The van der Waals surface area contributed by atoms with Crippen molar-refractivity contribution in [3.63, 3.8) is 0 Å². The topological polar surface area (TPSA) is 35.8 Å². The Kier molecular flexibility index (Phi) is 4.86. The van der Waals surface area contributed by atoms with Gasteiger partial charge in [0.2, 0.25) is 0 Å². The minimum Gasteiger partial charge on any atom is -0.382 e. The minimum atomic E-state index is -0.641. The van der Waals surface area contributed by atoms with E-state index in [-0.39, 0.29) is 15.7 Å². The molecule has 21 heavy (non-hydrogen) atoms. The minimum absolute atomic E-state index is 0.0896. The fourth-order valence-corrected chi connectivity index (χ4v) is 2.30. The molecule has 0 saturated heterocycles. The summed E-state index contributed by atoms with van der Waals surface area (Å²) in [5.41, 5.74) is 0.899. The van der Waals surface area contributed by atoms with Crippen LogP contribution in [0.3, 0.4) is 0 Å². The van der Waals surface area contributed by atoms with Crippen LogP contribution >= 0.6 is 15.9 Å². The number of benzene rings is 2. The van der Waals surface area contributed by atoms with Crippen LogP contribution in [0.25, 0.3) is 0 Å². The lowest BCUT2D eigenvalue weighted by Gasteiger charge is -2.09. The van der Waals surface area contributed by atoms with Gasteiger partial charge in [-0.05, 0) is 52.2 Å². The monoisotopic (exact) mass is 354 g/mol. The molecule has 0 aliphatic carbocycles. The number of halogens is 4. The largest absolute Gasteiger partial charge is 0.382 e. The summed E-state index contributed by atoms with van der Waals surface area (Å²) in [5.74, 6) is -1.85. The summed E-state index contributed by atoms with van der Waals surface area (Å²) in [4.78, 5) is 0. The number of nitrogens with one attached hydrogen (secondary N) is 1. The van der Waals surface area contributed by atoms with E-state index < -0.39 is 17.5 Å². The van der Waals surface area contributed by atoms with Gasteiger partial charge in [-0.3, -0.25) is 0 Å². The van der Waals surface area contributed by atoms with Crippen LogP contribution < -0.4 is 5.32 Å². The van der Waals surface area contributed by atoms with E-state index in [0.717, 1.165) is 6.07 Å². The molecule has 2 aromatic carbocycles. The molecular formula is C15H10BrF3N2. The Balaban J connectivity index is 2.04. The Hall–Kier alpha value is -2.00. The Labute approximate surface area is 128 Å². The highest BCUT2D eigenvalue weighted by Crippen LogP contribution is 2.26. The van der Waals surface area contributed by atoms with Crippen molar-refractivity contribution < 1.29 is 13.2 Å². The predicted molar refractivity (Wildman–Crippen MR) is 77.4 cm³/mol. The molecular weight excluding hydrogens is 345 g/mol. The first-order valence-corrected chi connectivity index (χ1v) is 6.87. The Bertz CT molecular complexity index is 691. The van der Waals surface area contributed by atoms with Gasteiger partial charge < -0.3 is 5.32 Å². The normalized spacial score (nSPS) is 10.2. The van der Waals surface area contributed by atoms with Crippen molar-refractivity contribution in [3.8, 4) is 6.07 Å². The summed E-state index contributed by atoms with van der Waals surface area (Å²) in [7, 11) is 0. The van der Waals surface area contributed by atoms with Gasteiger partial charge in [-0.15, -0.1) is 0 Å². The number of hydrogen-bond acceptors (Lipinski definition) is 2. The quantitative estimate of drug-likeness (QED) is 0.883. The molecule has 0 heterocycles. The third-order valence-corrected chi connectivity index (χ3v) is 3.63. The highest BCUT2D eigenvalue weighted by atomic mass is 79.9. The number of nitrogens with zero attached hydrogens (tertiary/aromatic N) is 1. The molecule has 0 fully saturated rings. The first kappa shape index (κ1) is 15.4. The molecule has 2 aromatic rings. The van der Waals surface area contributed by atoms with Crippen LogP contribution in [0.5, 0.6) is 0 Å². The van der Waals surface area contributed by atoms with Crippen molar-refractivity contribution in [1.29, 1.82) is 5.26 Å². The molecule has 2 nitrogen and oxygen atoms in total. The van der Waals surface area contributed by atoms with Crippen LogP contribution in [0.2, 0.25) is 0 Å². The van der Waals surface area contributed by atoms with Crippen LogP contribution in [0.1, 0.15) is 11.1 Å². The third-order valence-electron chi connectivity index (χ3n) is 2.85. The molecule has 1 N–H and O–H groups in total. The van der Waals surface area contributed by atoms with Crippen molar-refractivity contribution in [2.45, 2.75) is 6.42 Å². The van der Waals surface area contributed by atoms with E-state index in [0.29, 0.717) is 18.5 Å². The number of rotatable bonds is 4. The van der Waals surface area contributed by atoms with Crippen LogP contribution in [-0.4, -0.2) is 6.54 Å². The number of anilines is 1. The first-order chi connectivity index (χ1) is 10.0. The maximum Gasteiger partial charge on any atom is 0.161 e. The zero-order valence-electron chi connectivity index (χ0n) is 10.8. The van der Waals surface area contributed by atoms with Crippen LogP contribution in [0.4, 0.5) is 18.9 Å². The van der Waals surface area contributed by atoms with E-state index >= 15 is 0 Å². The van der Waals surface area contributed by atoms with Gasteiger partial charge in [-0.25, -0.2) is 13.2 Å². The van der Waals surface area contributed by atoms with Crippen molar-refractivity contribution in [3.05, 3.63) is 63.4 Å². The first-order valence-electron chi connectivity index (χ1n) is 6.08. The second-order valence-corrected chi connectivity index (χ2v) is 5.15. The molecule has 0 atom stereocenters. The maximum atomic E-state index is 13.9. The van der Waals surface area contributed by atoms with E-state index in [4.69, 9.17) is 5.26 Å².